The Hall–Kier alpha value is -2.54. The van der Waals surface area contributed by atoms with Crippen LogP contribution in [0.1, 0.15) is 11.1 Å². The van der Waals surface area contributed by atoms with Gasteiger partial charge in [0.05, 0.1) is 5.56 Å². The lowest BCUT2D eigenvalue weighted by molar-refractivity contribution is 1.06. The van der Waals surface area contributed by atoms with Gasteiger partial charge in [-0.25, -0.2) is 4.98 Å². The number of benzene rings is 1. The molecule has 1 aromatic carbocycles. The summed E-state index contributed by atoms with van der Waals surface area (Å²) in [5.74, 6) is 0.693. The Labute approximate surface area is 119 Å². The molecule has 20 heavy (non-hydrogen) atoms. The minimum absolute atomic E-state index is 0.585. The zero-order valence-electron chi connectivity index (χ0n) is 12.2. The second-order valence-electron chi connectivity index (χ2n) is 4.88. The lowest BCUT2D eigenvalue weighted by Gasteiger charge is -2.15. The second kappa shape index (κ2) is 5.62. The summed E-state index contributed by atoms with van der Waals surface area (Å²) in [6.07, 6.45) is 1.82. The lowest BCUT2D eigenvalue weighted by atomic mass is 10.00. The molecule has 0 spiro atoms. The minimum atomic E-state index is 0.585. The molecule has 2 aromatic rings. The fourth-order valence-electron chi connectivity index (χ4n) is 2.13. The standard InChI is InChI=1S/C16H18N4/c1-11-5-6-14(18-2)8-15(11)13-7-12(9-17)16(19-10-13)20(3)4/h5-8,10,18H,1-4H3. The number of anilines is 2. The van der Waals surface area contributed by atoms with Gasteiger partial charge in [-0.15, -0.1) is 0 Å². The molecule has 0 aliphatic rings. The maximum atomic E-state index is 9.28. The van der Waals surface area contributed by atoms with Crippen molar-refractivity contribution in [1.82, 2.24) is 4.98 Å². The number of aryl methyl sites for hydroxylation is 1. The van der Waals surface area contributed by atoms with Crippen molar-refractivity contribution in [3.05, 3.63) is 41.6 Å². The number of nitrogens with one attached hydrogen (secondary N) is 1. The summed E-state index contributed by atoms with van der Waals surface area (Å²) in [7, 11) is 5.66. The van der Waals surface area contributed by atoms with Crippen LogP contribution >= 0.6 is 0 Å². The van der Waals surface area contributed by atoms with E-state index in [4.69, 9.17) is 0 Å². The Morgan fingerprint density at radius 2 is 2.00 bits per heavy atom. The molecule has 2 rings (SSSR count). The van der Waals surface area contributed by atoms with Crippen molar-refractivity contribution in [2.75, 3.05) is 31.4 Å². The Morgan fingerprint density at radius 3 is 2.60 bits per heavy atom. The summed E-state index contributed by atoms with van der Waals surface area (Å²) in [6.45, 7) is 2.06. The third-order valence-electron chi connectivity index (χ3n) is 3.25. The van der Waals surface area contributed by atoms with E-state index in [0.717, 1.165) is 22.4 Å². The molecule has 0 aliphatic heterocycles. The molecule has 0 aliphatic carbocycles. The topological polar surface area (TPSA) is 52.0 Å². The van der Waals surface area contributed by atoms with Gasteiger partial charge < -0.3 is 10.2 Å². The summed E-state index contributed by atoms with van der Waals surface area (Å²) in [4.78, 5) is 6.25. The van der Waals surface area contributed by atoms with Gasteiger partial charge in [-0.05, 0) is 36.2 Å². The highest BCUT2D eigenvalue weighted by atomic mass is 15.1. The van der Waals surface area contributed by atoms with Gasteiger partial charge in [0, 0.05) is 38.6 Å². The Morgan fingerprint density at radius 1 is 1.25 bits per heavy atom. The first-order valence-electron chi connectivity index (χ1n) is 6.43. The summed E-state index contributed by atoms with van der Waals surface area (Å²) < 4.78 is 0. The number of pyridine rings is 1. The maximum absolute atomic E-state index is 9.28. The van der Waals surface area contributed by atoms with Gasteiger partial charge in [0.25, 0.3) is 0 Å². The normalized spacial score (nSPS) is 9.95. The van der Waals surface area contributed by atoms with Crippen LogP contribution in [0.4, 0.5) is 11.5 Å². The molecule has 0 atom stereocenters. The highest BCUT2D eigenvalue weighted by Crippen LogP contribution is 2.28. The van der Waals surface area contributed by atoms with E-state index in [0.29, 0.717) is 11.4 Å². The lowest BCUT2D eigenvalue weighted by Crippen LogP contribution is -2.12. The zero-order valence-corrected chi connectivity index (χ0v) is 12.2. The van der Waals surface area contributed by atoms with Gasteiger partial charge in [-0.3, -0.25) is 0 Å². The predicted molar refractivity (Wildman–Crippen MR) is 83.0 cm³/mol. The fourth-order valence-corrected chi connectivity index (χ4v) is 2.13. The smallest absolute Gasteiger partial charge is 0.146 e. The molecular weight excluding hydrogens is 248 g/mol. The van der Waals surface area contributed by atoms with E-state index in [1.165, 1.54) is 0 Å². The van der Waals surface area contributed by atoms with E-state index in [2.05, 4.69) is 35.4 Å². The Bertz CT molecular complexity index is 669. The summed E-state index contributed by atoms with van der Waals surface area (Å²) in [5.41, 5.74) is 4.84. The molecule has 0 unspecified atom stereocenters. The van der Waals surface area contributed by atoms with Crippen molar-refractivity contribution in [1.29, 1.82) is 5.26 Å². The SMILES string of the molecule is CNc1ccc(C)c(-c2cnc(N(C)C)c(C#N)c2)c1. The van der Waals surface area contributed by atoms with Crippen LogP contribution in [0.5, 0.6) is 0 Å². The minimum Gasteiger partial charge on any atom is -0.388 e. The van der Waals surface area contributed by atoms with Crippen LogP contribution in [-0.2, 0) is 0 Å². The molecule has 0 amide bonds. The number of rotatable bonds is 3. The number of hydrogen-bond donors (Lipinski definition) is 1. The van der Waals surface area contributed by atoms with Gasteiger partial charge in [0.1, 0.15) is 11.9 Å². The quantitative estimate of drug-likeness (QED) is 0.927. The Balaban J connectivity index is 2.57. The van der Waals surface area contributed by atoms with E-state index in [9.17, 15) is 5.26 Å². The monoisotopic (exact) mass is 266 g/mol. The van der Waals surface area contributed by atoms with E-state index in [1.807, 2.05) is 44.4 Å². The van der Waals surface area contributed by atoms with Crippen LogP contribution < -0.4 is 10.2 Å². The van der Waals surface area contributed by atoms with E-state index >= 15 is 0 Å². The van der Waals surface area contributed by atoms with Crippen molar-refractivity contribution in [2.24, 2.45) is 0 Å². The fraction of sp³-hybridized carbons (Fsp3) is 0.250. The first kappa shape index (κ1) is 13.9. The summed E-state index contributed by atoms with van der Waals surface area (Å²) >= 11 is 0. The first-order valence-corrected chi connectivity index (χ1v) is 6.43. The Kier molecular flexibility index (Phi) is 3.90. The number of aromatic nitrogens is 1. The number of nitrogens with zero attached hydrogens (tertiary/aromatic N) is 3. The molecule has 0 saturated carbocycles. The van der Waals surface area contributed by atoms with Crippen molar-refractivity contribution < 1.29 is 0 Å². The molecule has 0 radical (unpaired) electrons. The van der Waals surface area contributed by atoms with Crippen LogP contribution in [-0.4, -0.2) is 26.1 Å². The van der Waals surface area contributed by atoms with Crippen LogP contribution in [0, 0.1) is 18.3 Å². The molecule has 1 heterocycles. The third kappa shape index (κ3) is 2.57. The van der Waals surface area contributed by atoms with E-state index < -0.39 is 0 Å². The molecule has 0 saturated heterocycles. The molecule has 4 nitrogen and oxygen atoms in total. The summed E-state index contributed by atoms with van der Waals surface area (Å²) in [6, 6.07) is 10.3. The predicted octanol–water partition coefficient (Wildman–Crippen LogP) is 3.04. The highest BCUT2D eigenvalue weighted by molar-refractivity contribution is 5.73. The molecule has 1 aromatic heterocycles. The van der Waals surface area contributed by atoms with Crippen LogP contribution in [0.3, 0.4) is 0 Å². The van der Waals surface area contributed by atoms with Gasteiger partial charge >= 0.3 is 0 Å². The van der Waals surface area contributed by atoms with Crippen molar-refractivity contribution in [3.63, 3.8) is 0 Å². The van der Waals surface area contributed by atoms with Crippen molar-refractivity contribution >= 4 is 11.5 Å². The maximum Gasteiger partial charge on any atom is 0.146 e. The van der Waals surface area contributed by atoms with Crippen LogP contribution in [0.2, 0.25) is 0 Å². The average Bonchev–Trinajstić information content (AvgIpc) is 2.47. The highest BCUT2D eigenvalue weighted by Gasteiger charge is 2.10. The second-order valence-corrected chi connectivity index (χ2v) is 4.88. The molecule has 102 valence electrons. The van der Waals surface area contributed by atoms with Gasteiger partial charge in [0.15, 0.2) is 0 Å². The molecular formula is C16H18N4. The van der Waals surface area contributed by atoms with Gasteiger partial charge in [-0.1, -0.05) is 6.07 Å². The third-order valence-corrected chi connectivity index (χ3v) is 3.25. The zero-order chi connectivity index (χ0) is 14.7. The van der Waals surface area contributed by atoms with Crippen molar-refractivity contribution in [2.45, 2.75) is 6.92 Å². The average molecular weight is 266 g/mol. The molecule has 1 N–H and O–H groups in total. The van der Waals surface area contributed by atoms with Gasteiger partial charge in [0.2, 0.25) is 0 Å². The van der Waals surface area contributed by atoms with Gasteiger partial charge in [-0.2, -0.15) is 5.26 Å². The van der Waals surface area contributed by atoms with Crippen LogP contribution in [0.15, 0.2) is 30.5 Å². The molecule has 4 heteroatoms. The van der Waals surface area contributed by atoms with E-state index in [-0.39, 0.29) is 0 Å². The summed E-state index contributed by atoms with van der Waals surface area (Å²) in [5, 5.41) is 12.4. The number of nitriles is 1. The number of hydrogen-bond acceptors (Lipinski definition) is 4. The molecule has 0 fully saturated rings. The van der Waals surface area contributed by atoms with Crippen molar-refractivity contribution in [3.8, 4) is 17.2 Å². The van der Waals surface area contributed by atoms with Crippen LogP contribution in [0.25, 0.3) is 11.1 Å². The first-order chi connectivity index (χ1) is 9.56. The molecule has 0 bridgehead atoms. The van der Waals surface area contributed by atoms with E-state index in [1.54, 1.807) is 0 Å². The largest absolute Gasteiger partial charge is 0.388 e.